The highest BCUT2D eigenvalue weighted by molar-refractivity contribution is 14.1. The number of amides is 2. The van der Waals surface area contributed by atoms with E-state index in [0.717, 1.165) is 3.77 Å². The van der Waals surface area contributed by atoms with Gasteiger partial charge in [0, 0.05) is 37.9 Å². The van der Waals surface area contributed by atoms with Gasteiger partial charge in [-0.15, -0.1) is 0 Å². The number of rotatable bonds is 5. The minimum Gasteiger partial charge on any atom is -0.451 e. The van der Waals surface area contributed by atoms with Crippen molar-refractivity contribution in [3.05, 3.63) is 57.8 Å². The van der Waals surface area contributed by atoms with Crippen molar-refractivity contribution in [2.75, 3.05) is 38.0 Å². The van der Waals surface area contributed by atoms with Crippen LogP contribution >= 0.6 is 22.6 Å². The number of furan rings is 1. The summed E-state index contributed by atoms with van der Waals surface area (Å²) < 4.78 is 19.1. The summed E-state index contributed by atoms with van der Waals surface area (Å²) in [5.41, 5.74) is 0.563. The molecular formula is C19H19FIN3O3. The highest BCUT2D eigenvalue weighted by atomic mass is 127. The summed E-state index contributed by atoms with van der Waals surface area (Å²) in [7, 11) is 0. The number of anilines is 1. The van der Waals surface area contributed by atoms with Crippen LogP contribution in [0.25, 0.3) is 6.08 Å². The molecule has 1 aromatic carbocycles. The Labute approximate surface area is 170 Å². The molecule has 2 amide bonds. The second kappa shape index (κ2) is 9.14. The minimum absolute atomic E-state index is 0.0724. The van der Waals surface area contributed by atoms with Crippen molar-refractivity contribution in [3.63, 3.8) is 0 Å². The lowest BCUT2D eigenvalue weighted by Crippen LogP contribution is -2.50. The van der Waals surface area contributed by atoms with E-state index < -0.39 is 0 Å². The van der Waals surface area contributed by atoms with Gasteiger partial charge in [0.05, 0.1) is 6.54 Å². The van der Waals surface area contributed by atoms with Crippen LogP contribution < -0.4 is 5.32 Å². The van der Waals surface area contributed by atoms with Crippen LogP contribution in [-0.2, 0) is 9.59 Å². The fourth-order valence-corrected chi connectivity index (χ4v) is 3.17. The quantitative estimate of drug-likeness (QED) is 0.525. The molecule has 1 fully saturated rings. The lowest BCUT2D eigenvalue weighted by Gasteiger charge is -2.33. The monoisotopic (exact) mass is 483 g/mol. The van der Waals surface area contributed by atoms with Crippen LogP contribution in [0.15, 0.2) is 46.9 Å². The van der Waals surface area contributed by atoms with Crippen molar-refractivity contribution in [2.24, 2.45) is 0 Å². The molecular weight excluding hydrogens is 464 g/mol. The Balaban J connectivity index is 1.42. The number of nitrogens with one attached hydrogen (secondary N) is 1. The molecule has 0 atom stereocenters. The average molecular weight is 483 g/mol. The molecule has 1 aromatic heterocycles. The van der Waals surface area contributed by atoms with E-state index in [-0.39, 0.29) is 24.2 Å². The van der Waals surface area contributed by atoms with Crippen LogP contribution in [0.5, 0.6) is 0 Å². The molecule has 2 aromatic rings. The summed E-state index contributed by atoms with van der Waals surface area (Å²) in [5, 5.41) is 2.74. The third-order valence-electron chi connectivity index (χ3n) is 4.16. The molecule has 0 unspecified atom stereocenters. The highest BCUT2D eigenvalue weighted by Gasteiger charge is 2.21. The first-order chi connectivity index (χ1) is 13.0. The van der Waals surface area contributed by atoms with E-state index in [1.54, 1.807) is 11.0 Å². The first kappa shape index (κ1) is 19.6. The molecule has 1 aliphatic heterocycles. The SMILES string of the molecule is O=C(CN1CCN(C(=O)/C=C/c2ccc(I)o2)CC1)Nc1ccc(F)cc1. The zero-order chi connectivity index (χ0) is 19.2. The Morgan fingerprint density at radius 1 is 1.11 bits per heavy atom. The van der Waals surface area contributed by atoms with E-state index in [4.69, 9.17) is 4.42 Å². The second-order valence-electron chi connectivity index (χ2n) is 6.13. The number of piperazine rings is 1. The lowest BCUT2D eigenvalue weighted by molar-refractivity contribution is -0.127. The molecule has 6 nitrogen and oxygen atoms in total. The molecule has 27 heavy (non-hydrogen) atoms. The van der Waals surface area contributed by atoms with Crippen LogP contribution in [0.4, 0.5) is 10.1 Å². The van der Waals surface area contributed by atoms with Crippen molar-refractivity contribution in [1.29, 1.82) is 0 Å². The van der Waals surface area contributed by atoms with Gasteiger partial charge in [-0.25, -0.2) is 4.39 Å². The first-order valence-corrected chi connectivity index (χ1v) is 9.57. The standard InChI is InChI=1S/C19H19FIN3O3/c20-14-1-3-15(4-2-14)22-18(25)13-23-9-11-24(12-10-23)19(26)8-6-16-5-7-17(21)27-16/h1-8H,9-13H2,(H,22,25)/b8-6+. The molecule has 2 heterocycles. The van der Waals surface area contributed by atoms with Gasteiger partial charge in [-0.05, 0) is 65.1 Å². The van der Waals surface area contributed by atoms with Crippen LogP contribution in [0, 0.1) is 9.58 Å². The molecule has 0 saturated carbocycles. The molecule has 0 radical (unpaired) electrons. The number of hydrogen-bond donors (Lipinski definition) is 1. The summed E-state index contributed by atoms with van der Waals surface area (Å²) in [5.74, 6) is 0.0685. The Kier molecular flexibility index (Phi) is 6.62. The van der Waals surface area contributed by atoms with E-state index in [1.807, 2.05) is 17.0 Å². The number of nitrogens with zero attached hydrogens (tertiary/aromatic N) is 2. The van der Waals surface area contributed by atoms with Crippen molar-refractivity contribution in [2.45, 2.75) is 0 Å². The van der Waals surface area contributed by atoms with Gasteiger partial charge in [0.15, 0.2) is 3.77 Å². The Morgan fingerprint density at radius 3 is 2.44 bits per heavy atom. The highest BCUT2D eigenvalue weighted by Crippen LogP contribution is 2.12. The van der Waals surface area contributed by atoms with Gasteiger partial charge >= 0.3 is 0 Å². The van der Waals surface area contributed by atoms with Crippen molar-refractivity contribution >= 4 is 46.2 Å². The Hall–Kier alpha value is -2.20. The van der Waals surface area contributed by atoms with Crippen molar-refractivity contribution in [3.8, 4) is 0 Å². The molecule has 1 saturated heterocycles. The summed E-state index contributed by atoms with van der Waals surface area (Å²) in [6, 6.07) is 9.30. The molecule has 1 N–H and O–H groups in total. The maximum Gasteiger partial charge on any atom is 0.246 e. The first-order valence-electron chi connectivity index (χ1n) is 8.50. The van der Waals surface area contributed by atoms with Gasteiger partial charge in [0.1, 0.15) is 11.6 Å². The van der Waals surface area contributed by atoms with E-state index in [0.29, 0.717) is 37.6 Å². The third kappa shape index (κ3) is 5.90. The summed E-state index contributed by atoms with van der Waals surface area (Å²) in [6.45, 7) is 2.59. The fourth-order valence-electron chi connectivity index (χ4n) is 2.74. The Bertz CT molecular complexity index is 827. The molecule has 8 heteroatoms. The van der Waals surface area contributed by atoms with Crippen molar-refractivity contribution in [1.82, 2.24) is 9.80 Å². The van der Waals surface area contributed by atoms with Gasteiger partial charge in [0.25, 0.3) is 0 Å². The number of hydrogen-bond acceptors (Lipinski definition) is 4. The fraction of sp³-hybridized carbons (Fsp3) is 0.263. The van der Waals surface area contributed by atoms with E-state index in [9.17, 15) is 14.0 Å². The zero-order valence-electron chi connectivity index (χ0n) is 14.5. The van der Waals surface area contributed by atoms with Crippen LogP contribution in [0.3, 0.4) is 0 Å². The third-order valence-corrected chi connectivity index (χ3v) is 4.74. The van der Waals surface area contributed by atoms with Gasteiger partial charge in [-0.2, -0.15) is 0 Å². The smallest absolute Gasteiger partial charge is 0.246 e. The maximum atomic E-state index is 12.9. The van der Waals surface area contributed by atoms with Crippen LogP contribution in [0.1, 0.15) is 5.76 Å². The predicted molar refractivity (Wildman–Crippen MR) is 109 cm³/mol. The van der Waals surface area contributed by atoms with Crippen molar-refractivity contribution < 1.29 is 18.4 Å². The molecule has 1 aliphatic rings. The number of carbonyl (C=O) groups is 2. The average Bonchev–Trinajstić information content (AvgIpc) is 3.07. The maximum absolute atomic E-state index is 12.9. The van der Waals surface area contributed by atoms with Gasteiger partial charge in [0.2, 0.25) is 11.8 Å². The zero-order valence-corrected chi connectivity index (χ0v) is 16.7. The van der Waals surface area contributed by atoms with E-state index >= 15 is 0 Å². The van der Waals surface area contributed by atoms with Crippen LogP contribution in [0.2, 0.25) is 0 Å². The van der Waals surface area contributed by atoms with Gasteiger partial charge in [-0.1, -0.05) is 0 Å². The summed E-state index contributed by atoms with van der Waals surface area (Å²) in [6.07, 6.45) is 3.17. The molecule has 0 spiro atoms. The minimum atomic E-state index is -0.343. The van der Waals surface area contributed by atoms with E-state index in [1.165, 1.54) is 30.3 Å². The largest absolute Gasteiger partial charge is 0.451 e. The van der Waals surface area contributed by atoms with Gasteiger partial charge in [-0.3, -0.25) is 14.5 Å². The molecule has 0 aliphatic carbocycles. The topological polar surface area (TPSA) is 65.8 Å². The van der Waals surface area contributed by atoms with Gasteiger partial charge < -0.3 is 14.6 Å². The molecule has 142 valence electrons. The summed E-state index contributed by atoms with van der Waals surface area (Å²) in [4.78, 5) is 28.1. The van der Waals surface area contributed by atoms with Crippen LogP contribution in [-0.4, -0.2) is 54.3 Å². The molecule has 3 rings (SSSR count). The predicted octanol–water partition coefficient (Wildman–Crippen LogP) is 2.82. The number of benzene rings is 1. The lowest BCUT2D eigenvalue weighted by atomic mass is 10.2. The number of halogens is 2. The number of carbonyl (C=O) groups excluding carboxylic acids is 2. The summed E-state index contributed by atoms with van der Waals surface area (Å²) >= 11 is 2.07. The molecule has 0 bridgehead atoms. The second-order valence-corrected chi connectivity index (χ2v) is 7.19. The normalized spacial score (nSPS) is 15.3. The van der Waals surface area contributed by atoms with E-state index in [2.05, 4.69) is 27.9 Å². The Morgan fingerprint density at radius 2 is 1.81 bits per heavy atom.